The van der Waals surface area contributed by atoms with Crippen LogP contribution in [0.1, 0.15) is 51.5 Å². The zero-order valence-electron chi connectivity index (χ0n) is 13.8. The minimum atomic E-state index is -0.509. The number of esters is 2. The lowest BCUT2D eigenvalue weighted by atomic mass is 9.98. The molecule has 1 rings (SSSR count). The van der Waals surface area contributed by atoms with Gasteiger partial charge in [0.1, 0.15) is 5.60 Å². The molecule has 0 N–H and O–H groups in total. The Balaban J connectivity index is 2.24. The van der Waals surface area contributed by atoms with E-state index in [1.807, 2.05) is 44.2 Å². The average molecular weight is 306 g/mol. The first-order chi connectivity index (χ1) is 10.4. The van der Waals surface area contributed by atoms with E-state index in [4.69, 9.17) is 4.74 Å². The van der Waals surface area contributed by atoms with Gasteiger partial charge < -0.3 is 9.47 Å². The van der Waals surface area contributed by atoms with Gasteiger partial charge in [0.2, 0.25) is 0 Å². The lowest BCUT2D eigenvalue weighted by Gasteiger charge is -2.25. The average Bonchev–Trinajstić information content (AvgIpc) is 2.46. The quantitative estimate of drug-likeness (QED) is 0.516. The molecule has 0 aliphatic carbocycles. The molecule has 122 valence electrons. The van der Waals surface area contributed by atoms with E-state index in [0.29, 0.717) is 19.3 Å². The van der Waals surface area contributed by atoms with Crippen LogP contribution in [0.2, 0.25) is 0 Å². The minimum absolute atomic E-state index is 0.181. The van der Waals surface area contributed by atoms with Crippen molar-refractivity contribution in [2.45, 2.75) is 58.0 Å². The first kappa shape index (κ1) is 18.2. The normalized spacial score (nSPS) is 11.0. The number of ether oxygens (including phenoxy) is 2. The van der Waals surface area contributed by atoms with Crippen LogP contribution in [0, 0.1) is 0 Å². The lowest BCUT2D eigenvalue weighted by Crippen LogP contribution is -2.30. The predicted octanol–water partition coefficient (Wildman–Crippen LogP) is 3.67. The van der Waals surface area contributed by atoms with E-state index in [1.54, 1.807) is 0 Å². The molecule has 0 unspecified atom stereocenters. The zero-order chi connectivity index (χ0) is 16.4. The standard InChI is InChI=1S/C18H26O4/c1-18(2,14-15-10-6-4-7-11-15)22-17(20)13-9-5-8-12-16(19)21-3/h4,6-7,10-11H,5,8-9,12-14H2,1-3H3. The maximum atomic E-state index is 11.9. The van der Waals surface area contributed by atoms with Crippen molar-refractivity contribution in [1.29, 1.82) is 0 Å². The fourth-order valence-electron chi connectivity index (χ4n) is 2.30. The molecule has 4 nitrogen and oxygen atoms in total. The van der Waals surface area contributed by atoms with Crippen molar-refractivity contribution in [3.05, 3.63) is 35.9 Å². The second-order valence-electron chi connectivity index (χ2n) is 6.03. The van der Waals surface area contributed by atoms with Gasteiger partial charge in [-0.15, -0.1) is 0 Å². The summed E-state index contributed by atoms with van der Waals surface area (Å²) in [6, 6.07) is 9.99. The molecule has 22 heavy (non-hydrogen) atoms. The van der Waals surface area contributed by atoms with Crippen molar-refractivity contribution in [2.24, 2.45) is 0 Å². The van der Waals surface area contributed by atoms with Gasteiger partial charge in [-0.25, -0.2) is 0 Å². The number of hydrogen-bond donors (Lipinski definition) is 0. The Morgan fingerprint density at radius 3 is 2.14 bits per heavy atom. The second-order valence-corrected chi connectivity index (χ2v) is 6.03. The molecule has 0 atom stereocenters. The molecule has 0 amide bonds. The third kappa shape index (κ3) is 7.81. The number of carbonyl (C=O) groups excluding carboxylic acids is 2. The highest BCUT2D eigenvalue weighted by atomic mass is 16.6. The topological polar surface area (TPSA) is 52.6 Å². The van der Waals surface area contributed by atoms with Gasteiger partial charge in [-0.05, 0) is 32.3 Å². The van der Waals surface area contributed by atoms with Crippen molar-refractivity contribution in [3.8, 4) is 0 Å². The SMILES string of the molecule is COC(=O)CCCCCC(=O)OC(C)(C)Cc1ccccc1. The highest BCUT2D eigenvalue weighted by Crippen LogP contribution is 2.18. The van der Waals surface area contributed by atoms with Crippen LogP contribution in [0.5, 0.6) is 0 Å². The smallest absolute Gasteiger partial charge is 0.306 e. The van der Waals surface area contributed by atoms with Crippen molar-refractivity contribution in [1.82, 2.24) is 0 Å². The van der Waals surface area contributed by atoms with Crippen LogP contribution in [0.25, 0.3) is 0 Å². The Morgan fingerprint density at radius 1 is 0.955 bits per heavy atom. The maximum Gasteiger partial charge on any atom is 0.306 e. The first-order valence-electron chi connectivity index (χ1n) is 7.75. The Morgan fingerprint density at radius 2 is 1.55 bits per heavy atom. The van der Waals surface area contributed by atoms with Gasteiger partial charge in [-0.1, -0.05) is 36.8 Å². The van der Waals surface area contributed by atoms with E-state index < -0.39 is 5.60 Å². The highest BCUT2D eigenvalue weighted by molar-refractivity contribution is 5.70. The van der Waals surface area contributed by atoms with E-state index in [9.17, 15) is 9.59 Å². The van der Waals surface area contributed by atoms with Gasteiger partial charge in [0.05, 0.1) is 7.11 Å². The molecule has 0 fully saturated rings. The van der Waals surface area contributed by atoms with Crippen LogP contribution in [-0.4, -0.2) is 24.6 Å². The summed E-state index contributed by atoms with van der Waals surface area (Å²) in [4.78, 5) is 22.8. The van der Waals surface area contributed by atoms with Crippen LogP contribution < -0.4 is 0 Å². The summed E-state index contributed by atoms with van der Waals surface area (Å²) in [6.45, 7) is 3.85. The van der Waals surface area contributed by atoms with E-state index in [-0.39, 0.29) is 11.9 Å². The Bertz CT molecular complexity index is 465. The molecule has 0 bridgehead atoms. The number of hydrogen-bond acceptors (Lipinski definition) is 4. The molecule has 0 spiro atoms. The number of methoxy groups -OCH3 is 1. The predicted molar refractivity (Wildman–Crippen MR) is 85.4 cm³/mol. The monoisotopic (exact) mass is 306 g/mol. The number of benzene rings is 1. The Hall–Kier alpha value is -1.84. The van der Waals surface area contributed by atoms with Crippen molar-refractivity contribution in [3.63, 3.8) is 0 Å². The third-order valence-corrected chi connectivity index (χ3v) is 3.35. The molecule has 0 aromatic heterocycles. The fraction of sp³-hybridized carbons (Fsp3) is 0.556. The van der Waals surface area contributed by atoms with Crippen LogP contribution >= 0.6 is 0 Å². The van der Waals surface area contributed by atoms with Crippen molar-refractivity contribution >= 4 is 11.9 Å². The molecule has 0 aliphatic rings. The molecule has 0 saturated heterocycles. The van der Waals surface area contributed by atoms with Gasteiger partial charge in [0.25, 0.3) is 0 Å². The molecular formula is C18H26O4. The summed E-state index contributed by atoms with van der Waals surface area (Å²) in [5.74, 6) is -0.384. The van der Waals surface area contributed by atoms with E-state index in [0.717, 1.165) is 24.8 Å². The minimum Gasteiger partial charge on any atom is -0.469 e. The molecule has 4 heteroatoms. The maximum absolute atomic E-state index is 11.9. The summed E-state index contributed by atoms with van der Waals surface area (Å²) in [5, 5.41) is 0. The first-order valence-corrected chi connectivity index (χ1v) is 7.75. The van der Waals surface area contributed by atoms with Crippen LogP contribution in [0.15, 0.2) is 30.3 Å². The van der Waals surface area contributed by atoms with Crippen molar-refractivity contribution < 1.29 is 19.1 Å². The van der Waals surface area contributed by atoms with Gasteiger partial charge in [-0.3, -0.25) is 9.59 Å². The summed E-state index contributed by atoms with van der Waals surface area (Å²) >= 11 is 0. The van der Waals surface area contributed by atoms with Crippen LogP contribution in [0.4, 0.5) is 0 Å². The van der Waals surface area contributed by atoms with E-state index >= 15 is 0 Å². The zero-order valence-corrected chi connectivity index (χ0v) is 13.8. The molecule has 0 heterocycles. The Kier molecular flexibility index (Phi) is 7.64. The van der Waals surface area contributed by atoms with Gasteiger partial charge in [-0.2, -0.15) is 0 Å². The molecule has 1 aromatic rings. The summed E-state index contributed by atoms with van der Waals surface area (Å²) < 4.78 is 10.1. The molecule has 1 aromatic carbocycles. The van der Waals surface area contributed by atoms with Crippen LogP contribution in [-0.2, 0) is 25.5 Å². The number of rotatable bonds is 9. The van der Waals surface area contributed by atoms with E-state index in [2.05, 4.69) is 4.74 Å². The van der Waals surface area contributed by atoms with Gasteiger partial charge >= 0.3 is 11.9 Å². The molecule has 0 radical (unpaired) electrons. The van der Waals surface area contributed by atoms with Crippen LogP contribution in [0.3, 0.4) is 0 Å². The summed E-state index contributed by atoms with van der Waals surface area (Å²) in [7, 11) is 1.38. The van der Waals surface area contributed by atoms with Gasteiger partial charge in [0, 0.05) is 19.3 Å². The summed E-state index contributed by atoms with van der Waals surface area (Å²) in [5.41, 5.74) is 0.642. The molecule has 0 aliphatic heterocycles. The fourth-order valence-corrected chi connectivity index (χ4v) is 2.30. The van der Waals surface area contributed by atoms with E-state index in [1.165, 1.54) is 7.11 Å². The highest BCUT2D eigenvalue weighted by Gasteiger charge is 2.23. The molecular weight excluding hydrogens is 280 g/mol. The van der Waals surface area contributed by atoms with Crippen molar-refractivity contribution in [2.75, 3.05) is 7.11 Å². The lowest BCUT2D eigenvalue weighted by molar-refractivity contribution is -0.156. The second kappa shape index (κ2) is 9.23. The largest absolute Gasteiger partial charge is 0.469 e. The van der Waals surface area contributed by atoms with Gasteiger partial charge in [0.15, 0.2) is 0 Å². The molecule has 0 saturated carbocycles. The number of unbranched alkanes of at least 4 members (excludes halogenated alkanes) is 2. The summed E-state index contributed by atoms with van der Waals surface area (Å²) in [6.07, 6.45) is 3.79. The number of carbonyl (C=O) groups is 2. The third-order valence-electron chi connectivity index (χ3n) is 3.35. The Labute approximate surface area is 132 Å².